The van der Waals surface area contributed by atoms with Gasteiger partial charge in [0.15, 0.2) is 5.75 Å². The maximum Gasteiger partial charge on any atom is 0.491 e. The van der Waals surface area contributed by atoms with Crippen LogP contribution in [0.25, 0.3) is 10.8 Å². The van der Waals surface area contributed by atoms with Gasteiger partial charge in [-0.3, -0.25) is 10.7 Å². The van der Waals surface area contributed by atoms with Gasteiger partial charge in [0, 0.05) is 10.9 Å². The monoisotopic (exact) mass is 413 g/mol. The van der Waals surface area contributed by atoms with E-state index in [9.17, 15) is 27.6 Å². The van der Waals surface area contributed by atoms with Crippen molar-refractivity contribution in [2.75, 3.05) is 19.5 Å². The molecule has 0 unspecified atom stereocenters. The molecule has 0 bridgehead atoms. The normalized spacial score (nSPS) is 10.9. The van der Waals surface area contributed by atoms with E-state index in [-0.39, 0.29) is 22.2 Å². The standard InChI is InChI=1S/C17H14F3N3O6/c1-27-14(24)11-9-4-3-7(13(21)22)5-8(9)6-10(23-16(26)28-2)12(11)29-15(25)17(18,19)20/h3-6H,1-2H3,(H3,21,22)(H,23,26). The fraction of sp³-hybridized carbons (Fsp3) is 0.176. The minimum Gasteiger partial charge on any atom is -0.465 e. The maximum atomic E-state index is 12.7. The Bertz CT molecular complexity index is 1020. The highest BCUT2D eigenvalue weighted by Crippen LogP contribution is 2.38. The number of carbonyl (C=O) groups excluding carboxylic acids is 3. The molecule has 0 fully saturated rings. The van der Waals surface area contributed by atoms with E-state index in [1.807, 2.05) is 0 Å². The molecule has 12 heteroatoms. The van der Waals surface area contributed by atoms with Gasteiger partial charge in [0.1, 0.15) is 11.4 Å². The minimum atomic E-state index is -5.37. The zero-order valence-electron chi connectivity index (χ0n) is 15.0. The predicted octanol–water partition coefficient (Wildman–Crippen LogP) is 2.56. The van der Waals surface area contributed by atoms with Crippen molar-refractivity contribution in [3.63, 3.8) is 0 Å². The van der Waals surface area contributed by atoms with Crippen molar-refractivity contribution in [3.05, 3.63) is 35.4 Å². The van der Waals surface area contributed by atoms with Crippen molar-refractivity contribution in [1.29, 1.82) is 5.41 Å². The zero-order chi connectivity index (χ0) is 21.9. The number of amides is 1. The first-order valence-corrected chi connectivity index (χ1v) is 7.67. The number of hydrogen-bond donors (Lipinski definition) is 3. The number of methoxy groups -OCH3 is 2. The number of nitrogens with one attached hydrogen (secondary N) is 2. The summed E-state index contributed by atoms with van der Waals surface area (Å²) in [6.45, 7) is 0. The SMILES string of the molecule is COC(=O)Nc1cc2cc(C(=N)N)ccc2c(C(=O)OC)c1OC(=O)C(F)(F)F. The number of carbonyl (C=O) groups is 3. The number of halogens is 3. The number of anilines is 1. The van der Waals surface area contributed by atoms with Crippen molar-refractivity contribution in [2.24, 2.45) is 5.73 Å². The number of fused-ring (bicyclic) bond motifs is 1. The van der Waals surface area contributed by atoms with Gasteiger partial charge in [0.2, 0.25) is 0 Å². The van der Waals surface area contributed by atoms with Crippen molar-refractivity contribution in [2.45, 2.75) is 6.18 Å². The van der Waals surface area contributed by atoms with Crippen molar-refractivity contribution >= 4 is 40.3 Å². The minimum absolute atomic E-state index is 0.0299. The second-order valence-corrected chi connectivity index (χ2v) is 5.47. The average Bonchev–Trinajstić information content (AvgIpc) is 2.66. The number of ether oxygens (including phenoxy) is 3. The van der Waals surface area contributed by atoms with Crippen molar-refractivity contribution in [1.82, 2.24) is 0 Å². The van der Waals surface area contributed by atoms with E-state index in [2.05, 4.69) is 19.5 Å². The van der Waals surface area contributed by atoms with Crippen LogP contribution in [0.3, 0.4) is 0 Å². The van der Waals surface area contributed by atoms with Gasteiger partial charge in [0.05, 0.1) is 19.9 Å². The molecule has 0 aliphatic rings. The number of hydrogen-bond acceptors (Lipinski definition) is 7. The Morgan fingerprint density at radius 2 is 1.76 bits per heavy atom. The number of benzene rings is 2. The largest absolute Gasteiger partial charge is 0.491 e. The van der Waals surface area contributed by atoms with E-state index in [1.165, 1.54) is 18.2 Å². The summed E-state index contributed by atoms with van der Waals surface area (Å²) in [6, 6.07) is 5.09. The quantitative estimate of drug-likeness (QED) is 0.303. The van der Waals surface area contributed by atoms with Gasteiger partial charge in [-0.2, -0.15) is 13.2 Å². The second-order valence-electron chi connectivity index (χ2n) is 5.47. The lowest BCUT2D eigenvalue weighted by molar-refractivity contribution is -0.189. The van der Waals surface area contributed by atoms with Crippen LogP contribution in [-0.4, -0.2) is 44.3 Å². The van der Waals surface area contributed by atoms with E-state index >= 15 is 0 Å². The van der Waals surface area contributed by atoms with Crippen LogP contribution in [0.2, 0.25) is 0 Å². The first-order valence-electron chi connectivity index (χ1n) is 7.67. The molecule has 0 spiro atoms. The summed E-state index contributed by atoms with van der Waals surface area (Å²) in [7, 11) is 1.96. The van der Waals surface area contributed by atoms with E-state index in [0.29, 0.717) is 0 Å². The molecule has 29 heavy (non-hydrogen) atoms. The molecule has 4 N–H and O–H groups in total. The number of alkyl halides is 3. The van der Waals surface area contributed by atoms with E-state index in [4.69, 9.17) is 11.1 Å². The topological polar surface area (TPSA) is 141 Å². The molecule has 0 aliphatic carbocycles. The second kappa shape index (κ2) is 8.04. The molecule has 2 aromatic rings. The van der Waals surface area contributed by atoms with Gasteiger partial charge in [-0.1, -0.05) is 12.1 Å². The molecule has 2 aromatic carbocycles. The summed E-state index contributed by atoms with van der Waals surface area (Å²) < 4.78 is 51.6. The van der Waals surface area contributed by atoms with Crippen molar-refractivity contribution in [3.8, 4) is 5.75 Å². The highest BCUT2D eigenvalue weighted by atomic mass is 19.4. The Morgan fingerprint density at radius 3 is 2.28 bits per heavy atom. The van der Waals surface area contributed by atoms with E-state index in [1.54, 1.807) is 0 Å². The van der Waals surface area contributed by atoms with E-state index < -0.39 is 41.2 Å². The van der Waals surface area contributed by atoms with Crippen LogP contribution < -0.4 is 15.8 Å². The zero-order valence-corrected chi connectivity index (χ0v) is 15.0. The number of nitrogen functional groups attached to an aromatic ring is 1. The lowest BCUT2D eigenvalue weighted by atomic mass is 9.99. The highest BCUT2D eigenvalue weighted by molar-refractivity contribution is 6.12. The molecule has 154 valence electrons. The van der Waals surface area contributed by atoms with Crippen LogP contribution in [0.15, 0.2) is 24.3 Å². The molecule has 0 radical (unpaired) electrons. The van der Waals surface area contributed by atoms with Crippen LogP contribution in [0.5, 0.6) is 5.75 Å². The molecule has 0 saturated carbocycles. The third-order valence-corrected chi connectivity index (χ3v) is 3.64. The summed E-state index contributed by atoms with van der Waals surface area (Å²) in [6.07, 6.45) is -6.48. The summed E-state index contributed by atoms with van der Waals surface area (Å²) >= 11 is 0. The fourth-order valence-electron chi connectivity index (χ4n) is 2.37. The molecule has 0 saturated heterocycles. The molecule has 0 aromatic heterocycles. The Labute approximate surface area is 161 Å². The van der Waals surface area contributed by atoms with Gasteiger partial charge in [-0.05, 0) is 17.5 Å². The summed E-state index contributed by atoms with van der Waals surface area (Å²) in [5, 5.41) is 9.79. The predicted molar refractivity (Wildman–Crippen MR) is 94.0 cm³/mol. The molecular weight excluding hydrogens is 399 g/mol. The van der Waals surface area contributed by atoms with Gasteiger partial charge in [-0.25, -0.2) is 14.4 Å². The van der Waals surface area contributed by atoms with Crippen molar-refractivity contribution < 1.29 is 41.8 Å². The Hall–Kier alpha value is -3.83. The summed E-state index contributed by atoms with van der Waals surface area (Å²) in [5.74, 6) is -4.95. The lowest BCUT2D eigenvalue weighted by Gasteiger charge is -2.17. The molecular formula is C17H14F3N3O6. The lowest BCUT2D eigenvalue weighted by Crippen LogP contribution is -2.29. The average molecular weight is 413 g/mol. The first kappa shape index (κ1) is 21.5. The number of esters is 2. The Kier molecular flexibility index (Phi) is 5.95. The summed E-state index contributed by atoms with van der Waals surface area (Å²) in [5.41, 5.74) is 4.63. The fourth-order valence-corrected chi connectivity index (χ4v) is 2.37. The van der Waals surface area contributed by atoms with Crippen LogP contribution >= 0.6 is 0 Å². The maximum absolute atomic E-state index is 12.7. The van der Waals surface area contributed by atoms with Crippen LogP contribution in [0.4, 0.5) is 23.7 Å². The van der Waals surface area contributed by atoms with Crippen LogP contribution in [-0.2, 0) is 14.3 Å². The third kappa shape index (κ3) is 4.54. The number of amidine groups is 1. The highest BCUT2D eigenvalue weighted by Gasteiger charge is 2.42. The van der Waals surface area contributed by atoms with Gasteiger partial charge < -0.3 is 19.9 Å². The molecule has 9 nitrogen and oxygen atoms in total. The molecule has 2 rings (SSSR count). The van der Waals surface area contributed by atoms with Gasteiger partial charge in [0.25, 0.3) is 0 Å². The molecule has 0 atom stereocenters. The van der Waals surface area contributed by atoms with Crippen LogP contribution in [0.1, 0.15) is 15.9 Å². The Balaban J connectivity index is 2.86. The van der Waals surface area contributed by atoms with Crippen LogP contribution in [0, 0.1) is 5.41 Å². The molecule has 0 aliphatic heterocycles. The molecule has 1 amide bonds. The molecule has 0 heterocycles. The van der Waals surface area contributed by atoms with E-state index in [0.717, 1.165) is 20.3 Å². The number of rotatable bonds is 4. The van der Waals surface area contributed by atoms with Gasteiger partial charge >= 0.3 is 24.2 Å². The number of nitrogens with two attached hydrogens (primary N) is 1. The summed E-state index contributed by atoms with van der Waals surface area (Å²) in [4.78, 5) is 35.3. The van der Waals surface area contributed by atoms with Gasteiger partial charge in [-0.15, -0.1) is 0 Å². The first-order chi connectivity index (χ1) is 13.5. The third-order valence-electron chi connectivity index (χ3n) is 3.64. The smallest absolute Gasteiger partial charge is 0.465 e. The Morgan fingerprint density at radius 1 is 1.10 bits per heavy atom.